The summed E-state index contributed by atoms with van der Waals surface area (Å²) >= 11 is 6.01. The fourth-order valence-corrected chi connectivity index (χ4v) is 2.24. The average Bonchev–Trinajstić information content (AvgIpc) is 2.44. The van der Waals surface area contributed by atoms with E-state index in [0.717, 1.165) is 12.8 Å². The smallest absolute Gasteiger partial charge is 0.409 e. The van der Waals surface area contributed by atoms with Crippen molar-refractivity contribution in [3.63, 3.8) is 0 Å². The number of ether oxygens (including phenoxy) is 1. The number of likely N-dealkylation sites (tertiary alicyclic amines) is 1. The van der Waals surface area contributed by atoms with Crippen molar-refractivity contribution in [2.75, 3.05) is 30.7 Å². The molecule has 1 aromatic rings. The fourth-order valence-electron chi connectivity index (χ4n) is 2.10. The largest absolute Gasteiger partial charge is 0.450 e. The lowest BCUT2D eigenvalue weighted by Gasteiger charge is -2.31. The Morgan fingerprint density at radius 2 is 2.30 bits per heavy atom. The van der Waals surface area contributed by atoms with Gasteiger partial charge in [0.05, 0.1) is 12.8 Å². The molecule has 1 amide bonds. The predicted molar refractivity (Wildman–Crippen MR) is 76.7 cm³/mol. The number of carbonyl (C=O) groups excluding carboxylic acids is 1. The molecule has 0 radical (unpaired) electrons. The number of nitrogens with zero attached hydrogens (tertiary/aromatic N) is 3. The molecule has 1 saturated heterocycles. The lowest BCUT2D eigenvalue weighted by atomic mass is 10.1. The van der Waals surface area contributed by atoms with Crippen molar-refractivity contribution in [1.82, 2.24) is 14.9 Å². The summed E-state index contributed by atoms with van der Waals surface area (Å²) in [7, 11) is 0. The van der Waals surface area contributed by atoms with E-state index < -0.39 is 0 Å². The highest BCUT2D eigenvalue weighted by Gasteiger charge is 2.24. The van der Waals surface area contributed by atoms with Gasteiger partial charge in [0.15, 0.2) is 5.82 Å². The summed E-state index contributed by atoms with van der Waals surface area (Å²) in [6.07, 6.45) is 2.83. The molecule has 0 spiro atoms. The summed E-state index contributed by atoms with van der Waals surface area (Å²) in [6.45, 7) is 3.49. The summed E-state index contributed by atoms with van der Waals surface area (Å²) in [4.78, 5) is 21.2. The molecule has 2 heterocycles. The van der Waals surface area contributed by atoms with Crippen molar-refractivity contribution >= 4 is 29.5 Å². The number of rotatable bonds is 3. The molecule has 7 nitrogen and oxygen atoms in total. The number of nitrogen functional groups attached to an aromatic ring is 1. The van der Waals surface area contributed by atoms with Crippen molar-refractivity contribution < 1.29 is 9.53 Å². The molecule has 110 valence electrons. The molecule has 0 aliphatic carbocycles. The fraction of sp³-hybridized carbons (Fsp3) is 0.583. The molecule has 1 aromatic heterocycles. The topological polar surface area (TPSA) is 93.4 Å². The van der Waals surface area contributed by atoms with Crippen molar-refractivity contribution in [3.05, 3.63) is 11.2 Å². The first-order valence-corrected chi connectivity index (χ1v) is 6.94. The minimum atomic E-state index is -0.254. The van der Waals surface area contributed by atoms with Crippen LogP contribution in [0, 0.1) is 0 Å². The van der Waals surface area contributed by atoms with Gasteiger partial charge in [0, 0.05) is 19.1 Å². The maximum atomic E-state index is 11.6. The van der Waals surface area contributed by atoms with Crippen LogP contribution in [0.25, 0.3) is 0 Å². The number of aromatic nitrogens is 2. The van der Waals surface area contributed by atoms with Crippen LogP contribution in [0.15, 0.2) is 6.20 Å². The van der Waals surface area contributed by atoms with Gasteiger partial charge in [-0.15, -0.1) is 0 Å². The number of hydrogen-bond acceptors (Lipinski definition) is 6. The van der Waals surface area contributed by atoms with Gasteiger partial charge in [-0.25, -0.2) is 9.78 Å². The highest BCUT2D eigenvalue weighted by atomic mass is 35.5. The van der Waals surface area contributed by atoms with Crippen molar-refractivity contribution in [3.8, 4) is 0 Å². The minimum absolute atomic E-state index is 0.181. The van der Waals surface area contributed by atoms with Gasteiger partial charge in [-0.05, 0) is 19.8 Å². The number of carbonyl (C=O) groups is 1. The molecule has 0 aromatic carbocycles. The average molecular weight is 300 g/mol. The quantitative estimate of drug-likeness (QED) is 0.883. The zero-order valence-corrected chi connectivity index (χ0v) is 12.1. The SMILES string of the molecule is CCOC(=O)N1CCC(Nc2nc(N)ncc2Cl)CC1. The van der Waals surface area contributed by atoms with Crippen molar-refractivity contribution in [1.29, 1.82) is 0 Å². The summed E-state index contributed by atoms with van der Waals surface area (Å²) in [5.74, 6) is 0.717. The van der Waals surface area contributed by atoms with Crippen LogP contribution in [0.4, 0.5) is 16.6 Å². The Morgan fingerprint density at radius 3 is 2.95 bits per heavy atom. The third kappa shape index (κ3) is 3.63. The van der Waals surface area contributed by atoms with E-state index in [9.17, 15) is 4.79 Å². The van der Waals surface area contributed by atoms with Crippen LogP contribution in [0.1, 0.15) is 19.8 Å². The molecule has 0 unspecified atom stereocenters. The van der Waals surface area contributed by atoms with Gasteiger partial charge in [-0.3, -0.25) is 0 Å². The molecule has 1 aliphatic heterocycles. The van der Waals surface area contributed by atoms with Crippen molar-refractivity contribution in [2.24, 2.45) is 0 Å². The highest BCUT2D eigenvalue weighted by molar-refractivity contribution is 6.32. The standard InChI is InChI=1S/C12H18ClN5O2/c1-2-20-12(19)18-5-3-8(4-6-18)16-10-9(13)7-15-11(14)17-10/h7-8H,2-6H2,1H3,(H3,14,15,16,17). The van der Waals surface area contributed by atoms with Crippen LogP contribution in [0.2, 0.25) is 5.02 Å². The number of halogens is 1. The summed E-state index contributed by atoms with van der Waals surface area (Å²) in [5, 5.41) is 3.68. The van der Waals surface area contributed by atoms with Gasteiger partial charge in [0.25, 0.3) is 0 Å². The zero-order valence-electron chi connectivity index (χ0n) is 11.3. The molecule has 1 aliphatic rings. The maximum absolute atomic E-state index is 11.6. The first kappa shape index (κ1) is 14.6. The number of anilines is 2. The molecule has 1 fully saturated rings. The normalized spacial score (nSPS) is 16.0. The predicted octanol–water partition coefficient (Wildman–Crippen LogP) is 1.74. The van der Waals surface area contributed by atoms with Crippen LogP contribution in [0.3, 0.4) is 0 Å². The Balaban J connectivity index is 1.88. The van der Waals surface area contributed by atoms with E-state index >= 15 is 0 Å². The van der Waals surface area contributed by atoms with E-state index in [4.69, 9.17) is 22.1 Å². The molecular weight excluding hydrogens is 282 g/mol. The Bertz CT molecular complexity index is 477. The third-order valence-corrected chi connectivity index (χ3v) is 3.40. The van der Waals surface area contributed by atoms with Crippen LogP contribution in [0.5, 0.6) is 0 Å². The number of amides is 1. The van der Waals surface area contributed by atoms with Gasteiger partial charge < -0.3 is 20.7 Å². The van der Waals surface area contributed by atoms with Crippen LogP contribution < -0.4 is 11.1 Å². The Hall–Kier alpha value is -1.76. The highest BCUT2D eigenvalue weighted by Crippen LogP contribution is 2.22. The van der Waals surface area contributed by atoms with Gasteiger partial charge >= 0.3 is 6.09 Å². The summed E-state index contributed by atoms with van der Waals surface area (Å²) in [5.41, 5.74) is 5.54. The summed E-state index contributed by atoms with van der Waals surface area (Å²) < 4.78 is 4.98. The van der Waals surface area contributed by atoms with Crippen molar-refractivity contribution in [2.45, 2.75) is 25.8 Å². The van der Waals surface area contributed by atoms with E-state index in [0.29, 0.717) is 30.5 Å². The Morgan fingerprint density at radius 1 is 1.60 bits per heavy atom. The summed E-state index contributed by atoms with van der Waals surface area (Å²) in [6, 6.07) is 0.201. The Labute approximate surface area is 122 Å². The van der Waals surface area contributed by atoms with Gasteiger partial charge in [-0.2, -0.15) is 4.98 Å². The van der Waals surface area contributed by atoms with Crippen LogP contribution in [-0.2, 0) is 4.74 Å². The molecule has 8 heteroatoms. The van der Waals surface area contributed by atoms with Crippen LogP contribution >= 0.6 is 11.6 Å². The van der Waals surface area contributed by atoms with E-state index in [1.54, 1.807) is 11.8 Å². The van der Waals surface area contributed by atoms with E-state index in [-0.39, 0.29) is 18.1 Å². The molecule has 3 N–H and O–H groups in total. The van der Waals surface area contributed by atoms with E-state index in [2.05, 4.69) is 15.3 Å². The molecule has 0 bridgehead atoms. The number of nitrogens with one attached hydrogen (secondary N) is 1. The van der Waals surface area contributed by atoms with Gasteiger partial charge in [0.2, 0.25) is 5.95 Å². The Kier molecular flexibility index (Phi) is 4.84. The molecule has 2 rings (SSSR count). The monoisotopic (exact) mass is 299 g/mol. The third-order valence-electron chi connectivity index (χ3n) is 3.12. The first-order valence-electron chi connectivity index (χ1n) is 6.56. The van der Waals surface area contributed by atoms with Gasteiger partial charge in [-0.1, -0.05) is 11.6 Å². The number of hydrogen-bond donors (Lipinski definition) is 2. The second-order valence-electron chi connectivity index (χ2n) is 4.53. The zero-order chi connectivity index (χ0) is 14.5. The minimum Gasteiger partial charge on any atom is -0.450 e. The van der Waals surface area contributed by atoms with E-state index in [1.807, 2.05) is 0 Å². The van der Waals surface area contributed by atoms with E-state index in [1.165, 1.54) is 6.20 Å². The second kappa shape index (κ2) is 6.60. The van der Waals surface area contributed by atoms with Crippen LogP contribution in [-0.4, -0.2) is 46.7 Å². The lowest BCUT2D eigenvalue weighted by Crippen LogP contribution is -2.42. The maximum Gasteiger partial charge on any atom is 0.409 e. The second-order valence-corrected chi connectivity index (χ2v) is 4.94. The number of nitrogens with two attached hydrogens (primary N) is 1. The first-order chi connectivity index (χ1) is 9.60. The molecule has 20 heavy (non-hydrogen) atoms. The number of piperidine rings is 1. The molecular formula is C12H18ClN5O2. The lowest BCUT2D eigenvalue weighted by molar-refractivity contribution is 0.0983. The van der Waals surface area contributed by atoms with Gasteiger partial charge in [0.1, 0.15) is 5.02 Å². The molecule has 0 atom stereocenters. The molecule has 0 saturated carbocycles.